The average molecular weight is 372 g/mol. The molecule has 0 radical (unpaired) electrons. The van der Waals surface area contributed by atoms with Gasteiger partial charge in [0.2, 0.25) is 0 Å². The Balaban J connectivity index is 1.54. The van der Waals surface area contributed by atoms with Crippen LogP contribution in [0.1, 0.15) is 12.5 Å². The summed E-state index contributed by atoms with van der Waals surface area (Å²) in [6.07, 6.45) is 0. The van der Waals surface area contributed by atoms with Crippen LogP contribution in [0.25, 0.3) is 10.8 Å². The quantitative estimate of drug-likeness (QED) is 0.424. The summed E-state index contributed by atoms with van der Waals surface area (Å²) in [5.41, 5.74) is 4.21. The maximum absolute atomic E-state index is 10.5. The molecule has 0 spiro atoms. The fourth-order valence-electron chi connectivity index (χ4n) is 2.93. The average Bonchev–Trinajstić information content (AvgIpc) is 2.67. The van der Waals surface area contributed by atoms with Crippen LogP contribution in [-0.2, 0) is 4.74 Å². The monoisotopic (exact) mass is 372 g/mol. The van der Waals surface area contributed by atoms with Crippen molar-refractivity contribution in [2.75, 3.05) is 39.4 Å². The van der Waals surface area contributed by atoms with Gasteiger partial charge < -0.3 is 15.2 Å². The van der Waals surface area contributed by atoms with Gasteiger partial charge in [0.25, 0.3) is 0 Å². The molecular weight excluding hydrogens is 348 g/mol. The summed E-state index contributed by atoms with van der Waals surface area (Å²) in [6.45, 7) is 7.01. The third-order valence-corrected chi connectivity index (χ3v) is 4.67. The van der Waals surface area contributed by atoms with Crippen molar-refractivity contribution >= 4 is 33.8 Å². The van der Waals surface area contributed by atoms with Gasteiger partial charge in [-0.15, -0.1) is 0 Å². The summed E-state index contributed by atoms with van der Waals surface area (Å²) in [5.74, 6) is 0.234. The van der Waals surface area contributed by atoms with Crippen molar-refractivity contribution < 1.29 is 9.84 Å². The van der Waals surface area contributed by atoms with Gasteiger partial charge in [-0.3, -0.25) is 10.3 Å². The topological polar surface area (TPSA) is 69.1 Å². The van der Waals surface area contributed by atoms with Crippen LogP contribution in [-0.4, -0.2) is 60.2 Å². The molecule has 0 aliphatic carbocycles. The molecule has 0 unspecified atom stereocenters. The molecule has 138 valence electrons. The molecule has 0 amide bonds. The van der Waals surface area contributed by atoms with Gasteiger partial charge in [0.1, 0.15) is 5.75 Å². The summed E-state index contributed by atoms with van der Waals surface area (Å²) >= 11 is 5.26. The second-order valence-electron chi connectivity index (χ2n) is 6.20. The van der Waals surface area contributed by atoms with Crippen molar-refractivity contribution in [1.82, 2.24) is 15.6 Å². The zero-order valence-electron chi connectivity index (χ0n) is 14.9. The normalized spacial score (nSPS) is 15.8. The Labute approximate surface area is 158 Å². The Morgan fingerprint density at radius 1 is 1.23 bits per heavy atom. The van der Waals surface area contributed by atoms with Crippen LogP contribution < -0.4 is 10.7 Å². The lowest BCUT2D eigenvalue weighted by Crippen LogP contribution is -2.42. The predicted octanol–water partition coefficient (Wildman–Crippen LogP) is 2.07. The van der Waals surface area contributed by atoms with Crippen LogP contribution in [0.4, 0.5) is 0 Å². The Bertz CT molecular complexity index is 803. The number of hydrogen-bond donors (Lipinski definition) is 3. The largest absolute Gasteiger partial charge is 0.507 e. The van der Waals surface area contributed by atoms with Crippen LogP contribution in [0.5, 0.6) is 5.75 Å². The first-order valence-electron chi connectivity index (χ1n) is 8.74. The molecule has 1 heterocycles. The van der Waals surface area contributed by atoms with Gasteiger partial charge in [0.05, 0.1) is 18.9 Å². The molecule has 26 heavy (non-hydrogen) atoms. The molecule has 3 N–H and O–H groups in total. The molecule has 1 saturated heterocycles. The first-order valence-corrected chi connectivity index (χ1v) is 9.15. The van der Waals surface area contributed by atoms with E-state index in [1.165, 1.54) is 0 Å². The highest BCUT2D eigenvalue weighted by Crippen LogP contribution is 2.28. The Morgan fingerprint density at radius 3 is 2.81 bits per heavy atom. The van der Waals surface area contributed by atoms with Crippen LogP contribution in [0.3, 0.4) is 0 Å². The third kappa shape index (κ3) is 4.69. The highest BCUT2D eigenvalue weighted by molar-refractivity contribution is 7.80. The van der Waals surface area contributed by atoms with Gasteiger partial charge in [-0.1, -0.05) is 30.3 Å². The van der Waals surface area contributed by atoms with Crippen molar-refractivity contribution in [1.29, 1.82) is 0 Å². The van der Waals surface area contributed by atoms with E-state index in [-0.39, 0.29) is 5.75 Å². The van der Waals surface area contributed by atoms with E-state index in [0.29, 0.717) is 16.4 Å². The Morgan fingerprint density at radius 2 is 2.00 bits per heavy atom. The van der Waals surface area contributed by atoms with E-state index < -0.39 is 0 Å². The van der Waals surface area contributed by atoms with E-state index in [0.717, 1.165) is 50.2 Å². The second-order valence-corrected chi connectivity index (χ2v) is 6.61. The maximum Gasteiger partial charge on any atom is 0.187 e. The summed E-state index contributed by atoms with van der Waals surface area (Å²) in [6, 6.07) is 11.6. The van der Waals surface area contributed by atoms with Gasteiger partial charge in [-0.05, 0) is 30.6 Å². The first kappa shape index (κ1) is 18.6. The smallest absolute Gasteiger partial charge is 0.187 e. The van der Waals surface area contributed by atoms with Crippen molar-refractivity contribution in [2.45, 2.75) is 6.92 Å². The van der Waals surface area contributed by atoms with E-state index in [4.69, 9.17) is 17.0 Å². The molecule has 1 aliphatic rings. The molecule has 2 aromatic rings. The van der Waals surface area contributed by atoms with Gasteiger partial charge >= 0.3 is 0 Å². The first-order chi connectivity index (χ1) is 12.6. The lowest BCUT2D eigenvalue weighted by molar-refractivity contribution is 0.0389. The molecule has 0 aromatic heterocycles. The summed E-state index contributed by atoms with van der Waals surface area (Å²) in [4.78, 5) is 2.33. The number of nitrogens with one attached hydrogen (secondary N) is 2. The maximum atomic E-state index is 10.5. The van der Waals surface area contributed by atoms with Gasteiger partial charge in [-0.2, -0.15) is 5.10 Å². The van der Waals surface area contributed by atoms with Crippen LogP contribution >= 0.6 is 12.2 Å². The van der Waals surface area contributed by atoms with Crippen LogP contribution in [0, 0.1) is 0 Å². The number of hydrogen-bond acceptors (Lipinski definition) is 5. The molecule has 6 nitrogen and oxygen atoms in total. The number of phenolic OH excluding ortho intramolecular Hbond substituents is 1. The lowest BCUT2D eigenvalue weighted by atomic mass is 10.0. The molecule has 3 rings (SSSR count). The fraction of sp³-hybridized carbons (Fsp3) is 0.368. The SMILES string of the molecule is C/C(=N\NC(=S)NCCN1CCOCC1)c1ccc2ccccc2c1O. The summed E-state index contributed by atoms with van der Waals surface area (Å²) in [7, 11) is 0. The molecule has 7 heteroatoms. The zero-order valence-corrected chi connectivity index (χ0v) is 15.7. The van der Waals surface area contributed by atoms with Gasteiger partial charge in [-0.25, -0.2) is 0 Å². The molecule has 2 aromatic carbocycles. The van der Waals surface area contributed by atoms with Gasteiger partial charge in [0, 0.05) is 37.1 Å². The minimum Gasteiger partial charge on any atom is -0.507 e. The van der Waals surface area contributed by atoms with Crippen molar-refractivity contribution in [2.24, 2.45) is 5.10 Å². The molecule has 1 aliphatic heterocycles. The minimum absolute atomic E-state index is 0.234. The molecule has 0 atom stereocenters. The fourth-order valence-corrected chi connectivity index (χ4v) is 3.08. The van der Waals surface area contributed by atoms with E-state index in [2.05, 4.69) is 20.7 Å². The lowest BCUT2D eigenvalue weighted by Gasteiger charge is -2.26. The predicted molar refractivity (Wildman–Crippen MR) is 109 cm³/mol. The highest BCUT2D eigenvalue weighted by Gasteiger charge is 2.10. The van der Waals surface area contributed by atoms with E-state index in [1.54, 1.807) is 0 Å². The number of rotatable bonds is 5. The van der Waals surface area contributed by atoms with Crippen molar-refractivity contribution in [3.05, 3.63) is 42.0 Å². The van der Waals surface area contributed by atoms with E-state index >= 15 is 0 Å². The van der Waals surface area contributed by atoms with Crippen molar-refractivity contribution in [3.8, 4) is 5.75 Å². The third-order valence-electron chi connectivity index (χ3n) is 4.43. The molecule has 0 bridgehead atoms. The van der Waals surface area contributed by atoms with Crippen LogP contribution in [0.2, 0.25) is 0 Å². The van der Waals surface area contributed by atoms with E-state index in [9.17, 15) is 5.11 Å². The van der Waals surface area contributed by atoms with E-state index in [1.807, 2.05) is 43.3 Å². The van der Waals surface area contributed by atoms with Crippen molar-refractivity contribution in [3.63, 3.8) is 0 Å². The number of morpholine rings is 1. The Kier molecular flexibility index (Phi) is 6.38. The number of ether oxygens (including phenoxy) is 1. The standard InChI is InChI=1S/C19H24N4O2S/c1-14(16-7-6-15-4-2-3-5-17(15)18(16)24)21-22-19(26)20-8-9-23-10-12-25-13-11-23/h2-7,24H,8-13H2,1H3,(H2,20,22,26)/b21-14+. The minimum atomic E-state index is 0.234. The molecular formula is C19H24N4O2S. The number of fused-ring (bicyclic) bond motifs is 1. The zero-order chi connectivity index (χ0) is 18.4. The van der Waals surface area contributed by atoms with Gasteiger partial charge in [0.15, 0.2) is 5.11 Å². The highest BCUT2D eigenvalue weighted by atomic mass is 32.1. The van der Waals surface area contributed by atoms with Crippen LogP contribution in [0.15, 0.2) is 41.5 Å². The molecule has 0 saturated carbocycles. The number of hydrazone groups is 1. The number of phenols is 1. The number of thiocarbonyl (C=S) groups is 1. The number of nitrogens with zero attached hydrogens (tertiary/aromatic N) is 2. The number of aromatic hydroxyl groups is 1. The summed E-state index contributed by atoms with van der Waals surface area (Å²) in [5, 5.41) is 20.2. The number of benzene rings is 2. The summed E-state index contributed by atoms with van der Waals surface area (Å²) < 4.78 is 5.33. The molecule has 1 fully saturated rings. The second kappa shape index (κ2) is 8.93. The Hall–Kier alpha value is -2.22.